The molecule has 0 saturated carbocycles. The third-order valence-electron chi connectivity index (χ3n) is 3.95. The maximum Gasteiger partial charge on any atom is 0.310 e. The number of benzene rings is 1. The number of rotatable bonds is 3. The number of hydrogen-bond acceptors (Lipinski definition) is 3. The second-order valence-electron chi connectivity index (χ2n) is 5.32. The minimum Gasteiger partial charge on any atom is -0.481 e. The van der Waals surface area contributed by atoms with Crippen LogP contribution >= 0.6 is 0 Å². The van der Waals surface area contributed by atoms with E-state index in [4.69, 9.17) is 4.74 Å². The second-order valence-corrected chi connectivity index (χ2v) is 5.32. The number of carbonyl (C=O) groups is 2. The van der Waals surface area contributed by atoms with Gasteiger partial charge < -0.3 is 15.2 Å². The third kappa shape index (κ3) is 1.91. The van der Waals surface area contributed by atoms with E-state index in [9.17, 15) is 14.7 Å². The zero-order chi connectivity index (χ0) is 14.3. The normalized spacial score (nSPS) is 34.1. The van der Waals surface area contributed by atoms with Gasteiger partial charge in [0.25, 0.3) is 0 Å². The molecule has 0 unspecified atom stereocenters. The van der Waals surface area contributed by atoms with Gasteiger partial charge in [-0.3, -0.25) is 9.59 Å². The molecular weight excluding hydrogens is 258 g/mol. The molecule has 1 aromatic carbocycles. The van der Waals surface area contributed by atoms with Gasteiger partial charge in [-0.05, 0) is 19.1 Å². The predicted molar refractivity (Wildman–Crippen MR) is 72.1 cm³/mol. The summed E-state index contributed by atoms with van der Waals surface area (Å²) < 4.78 is 5.65. The lowest BCUT2D eigenvalue weighted by atomic mass is 9.75. The van der Waals surface area contributed by atoms with E-state index in [1.165, 1.54) is 0 Å². The first-order chi connectivity index (χ1) is 9.51. The monoisotopic (exact) mass is 273 g/mol. The van der Waals surface area contributed by atoms with Gasteiger partial charge in [-0.25, -0.2) is 0 Å². The first kappa shape index (κ1) is 12.9. The molecule has 5 nitrogen and oxygen atoms in total. The number of anilines is 1. The van der Waals surface area contributed by atoms with Crippen LogP contribution in [0, 0.1) is 11.8 Å². The smallest absolute Gasteiger partial charge is 0.310 e. The third-order valence-corrected chi connectivity index (χ3v) is 3.95. The zero-order valence-electron chi connectivity index (χ0n) is 10.9. The Kier molecular flexibility index (Phi) is 2.87. The average molecular weight is 273 g/mol. The number of carbonyl (C=O) groups excluding carboxylic acids is 1. The average Bonchev–Trinajstić information content (AvgIpc) is 2.92. The Balaban J connectivity index is 1.86. The van der Waals surface area contributed by atoms with Gasteiger partial charge in [-0.1, -0.05) is 30.4 Å². The summed E-state index contributed by atoms with van der Waals surface area (Å²) in [7, 11) is 0. The van der Waals surface area contributed by atoms with Crippen LogP contribution in [0.1, 0.15) is 6.92 Å². The van der Waals surface area contributed by atoms with Gasteiger partial charge in [0, 0.05) is 5.69 Å². The van der Waals surface area contributed by atoms with E-state index in [1.54, 1.807) is 31.2 Å². The first-order valence-electron chi connectivity index (χ1n) is 6.47. The highest BCUT2D eigenvalue weighted by Gasteiger charge is 2.59. The first-order valence-corrected chi connectivity index (χ1v) is 6.47. The molecule has 1 fully saturated rings. The minimum absolute atomic E-state index is 0.321. The van der Waals surface area contributed by atoms with Crippen LogP contribution in [0.4, 0.5) is 5.69 Å². The summed E-state index contributed by atoms with van der Waals surface area (Å²) >= 11 is 0. The summed E-state index contributed by atoms with van der Waals surface area (Å²) in [5.41, 5.74) is -0.191. The molecule has 0 aliphatic carbocycles. The lowest BCUT2D eigenvalue weighted by molar-refractivity contribution is -0.146. The van der Waals surface area contributed by atoms with Crippen LogP contribution in [0.2, 0.25) is 0 Å². The summed E-state index contributed by atoms with van der Waals surface area (Å²) in [5, 5.41) is 12.1. The van der Waals surface area contributed by atoms with Crippen LogP contribution in [0.3, 0.4) is 0 Å². The molecule has 0 radical (unpaired) electrons. The lowest BCUT2D eigenvalue weighted by Crippen LogP contribution is -2.44. The van der Waals surface area contributed by atoms with Gasteiger partial charge in [-0.15, -0.1) is 0 Å². The van der Waals surface area contributed by atoms with Gasteiger partial charge >= 0.3 is 5.97 Å². The lowest BCUT2D eigenvalue weighted by Gasteiger charge is -2.27. The molecule has 2 aliphatic rings. The zero-order valence-corrected chi connectivity index (χ0v) is 10.9. The van der Waals surface area contributed by atoms with Crippen LogP contribution in [-0.2, 0) is 14.3 Å². The van der Waals surface area contributed by atoms with Crippen molar-refractivity contribution in [2.45, 2.75) is 18.6 Å². The Morgan fingerprint density at radius 3 is 2.65 bits per heavy atom. The van der Waals surface area contributed by atoms with Crippen LogP contribution < -0.4 is 5.32 Å². The second kappa shape index (κ2) is 4.45. The summed E-state index contributed by atoms with van der Waals surface area (Å²) in [6.07, 6.45) is 2.99. The molecule has 1 aromatic rings. The van der Waals surface area contributed by atoms with Crippen LogP contribution in [-0.4, -0.2) is 28.7 Å². The maximum absolute atomic E-state index is 12.4. The number of hydrogen-bond donors (Lipinski definition) is 2. The van der Waals surface area contributed by atoms with E-state index < -0.39 is 29.5 Å². The summed E-state index contributed by atoms with van der Waals surface area (Å²) in [6, 6.07) is 8.99. The number of ether oxygens (including phenoxy) is 1. The van der Waals surface area contributed by atoms with E-state index in [0.717, 1.165) is 0 Å². The van der Waals surface area contributed by atoms with Gasteiger partial charge in [0.15, 0.2) is 0 Å². The fourth-order valence-corrected chi connectivity index (χ4v) is 3.02. The molecule has 3 rings (SSSR count). The number of carboxylic acids is 1. The van der Waals surface area contributed by atoms with Crippen molar-refractivity contribution in [1.29, 1.82) is 0 Å². The molecular formula is C15H15NO4. The van der Waals surface area contributed by atoms with Crippen LogP contribution in [0.15, 0.2) is 42.5 Å². The molecule has 4 atom stereocenters. The molecule has 2 heterocycles. The Morgan fingerprint density at radius 1 is 1.30 bits per heavy atom. The van der Waals surface area contributed by atoms with Crippen molar-refractivity contribution in [3.8, 4) is 0 Å². The SMILES string of the molecule is C[C@@]12C=C[C@@H](O1)[C@H](C(=O)O)[C@@H]2C(=O)Nc1ccccc1. The molecule has 104 valence electrons. The quantitative estimate of drug-likeness (QED) is 0.821. The van der Waals surface area contributed by atoms with Gasteiger partial charge in [0.2, 0.25) is 5.91 Å². The van der Waals surface area contributed by atoms with Crippen LogP contribution in [0.5, 0.6) is 0 Å². The fourth-order valence-electron chi connectivity index (χ4n) is 3.02. The van der Waals surface area contributed by atoms with Crippen molar-refractivity contribution in [3.63, 3.8) is 0 Å². The van der Waals surface area contributed by atoms with Crippen molar-refractivity contribution in [3.05, 3.63) is 42.5 Å². The van der Waals surface area contributed by atoms with Crippen LogP contribution in [0.25, 0.3) is 0 Å². The number of para-hydroxylation sites is 1. The topological polar surface area (TPSA) is 75.6 Å². The summed E-state index contributed by atoms with van der Waals surface area (Å²) in [6.45, 7) is 1.75. The molecule has 0 spiro atoms. The summed E-state index contributed by atoms with van der Waals surface area (Å²) in [5.74, 6) is -2.89. The fraction of sp³-hybridized carbons (Fsp3) is 0.333. The Morgan fingerprint density at radius 2 is 2.00 bits per heavy atom. The molecule has 1 saturated heterocycles. The molecule has 2 aliphatic heterocycles. The molecule has 2 bridgehead atoms. The Labute approximate surface area is 116 Å². The number of nitrogens with one attached hydrogen (secondary N) is 1. The number of amides is 1. The van der Waals surface area contributed by atoms with E-state index in [1.807, 2.05) is 18.2 Å². The van der Waals surface area contributed by atoms with Crippen molar-refractivity contribution < 1.29 is 19.4 Å². The number of aliphatic carboxylic acids is 1. The largest absolute Gasteiger partial charge is 0.481 e. The van der Waals surface area contributed by atoms with E-state index >= 15 is 0 Å². The van der Waals surface area contributed by atoms with Crippen molar-refractivity contribution >= 4 is 17.6 Å². The standard InChI is InChI=1S/C15H15NO4/c1-15-8-7-10(20-15)11(14(18)19)12(15)13(17)16-9-5-3-2-4-6-9/h2-8,10-12H,1H3,(H,16,17)(H,18,19)/t10-,11+,12-,15+/m1/s1. The van der Waals surface area contributed by atoms with E-state index in [2.05, 4.69) is 5.32 Å². The highest BCUT2D eigenvalue weighted by Crippen LogP contribution is 2.47. The number of fused-ring (bicyclic) bond motifs is 2. The molecule has 1 amide bonds. The van der Waals surface area contributed by atoms with Gasteiger partial charge in [0.1, 0.15) is 5.92 Å². The highest BCUT2D eigenvalue weighted by molar-refractivity contribution is 5.97. The molecule has 0 aromatic heterocycles. The minimum atomic E-state index is -1.00. The van der Waals surface area contributed by atoms with E-state index in [0.29, 0.717) is 5.69 Å². The van der Waals surface area contributed by atoms with E-state index in [-0.39, 0.29) is 5.91 Å². The van der Waals surface area contributed by atoms with Crippen molar-refractivity contribution in [1.82, 2.24) is 0 Å². The Hall–Kier alpha value is -2.14. The molecule has 5 heteroatoms. The van der Waals surface area contributed by atoms with Gasteiger partial charge in [0.05, 0.1) is 17.6 Å². The number of carboxylic acid groups (broad SMARTS) is 1. The molecule has 20 heavy (non-hydrogen) atoms. The maximum atomic E-state index is 12.4. The van der Waals surface area contributed by atoms with Crippen molar-refractivity contribution in [2.24, 2.45) is 11.8 Å². The highest BCUT2D eigenvalue weighted by atomic mass is 16.5. The predicted octanol–water partition coefficient (Wildman–Crippen LogP) is 1.67. The van der Waals surface area contributed by atoms with Crippen molar-refractivity contribution in [2.75, 3.05) is 5.32 Å². The molecule has 2 N–H and O–H groups in total. The summed E-state index contributed by atoms with van der Waals surface area (Å²) in [4.78, 5) is 23.8. The van der Waals surface area contributed by atoms with Gasteiger partial charge in [-0.2, -0.15) is 0 Å². The Bertz CT molecular complexity index is 583.